The van der Waals surface area contributed by atoms with E-state index in [4.69, 9.17) is 15.5 Å². The first-order valence-electron chi connectivity index (χ1n) is 14.1. The van der Waals surface area contributed by atoms with Gasteiger partial charge in [-0.25, -0.2) is 13.7 Å². The van der Waals surface area contributed by atoms with Gasteiger partial charge in [0.1, 0.15) is 22.2 Å². The third-order valence-corrected chi connectivity index (χ3v) is 10.8. The molecule has 0 atom stereocenters. The van der Waals surface area contributed by atoms with E-state index >= 15 is 0 Å². The van der Waals surface area contributed by atoms with E-state index in [1.807, 2.05) is 6.11 Å². The van der Waals surface area contributed by atoms with Crippen molar-refractivity contribution >= 4 is 101 Å². The van der Waals surface area contributed by atoms with E-state index in [0.717, 1.165) is 17.8 Å². The Kier molecular flexibility index (Phi) is 14.2. The highest BCUT2D eigenvalue weighted by Crippen LogP contribution is 2.56. The zero-order chi connectivity index (χ0) is 39.7. The minimum absolute atomic E-state index is 0.0104. The van der Waals surface area contributed by atoms with Crippen molar-refractivity contribution in [3.63, 3.8) is 0 Å². The molecule has 21 nitrogen and oxygen atoms in total. The Hall–Kier alpha value is -4.60. The smallest absolute Gasteiger partial charge is 0.433 e. The molecule has 0 spiro atoms. The molecule has 0 aliphatic carbocycles. The predicted molar refractivity (Wildman–Crippen MR) is 197 cm³/mol. The minimum atomic E-state index is -4.83. The van der Waals surface area contributed by atoms with Gasteiger partial charge in [-0.1, -0.05) is 5.04 Å². The maximum atomic E-state index is 12.7. The minimum Gasteiger partial charge on any atom is -0.505 e. The van der Waals surface area contributed by atoms with E-state index in [2.05, 4.69) is 56.1 Å². The molecule has 288 valence electrons. The second kappa shape index (κ2) is 18.2. The quantitative estimate of drug-likeness (QED) is 0.00683. The molecular formula is C28H27N7O14S5. The van der Waals surface area contributed by atoms with Gasteiger partial charge >= 0.3 is 10.4 Å². The van der Waals surface area contributed by atoms with Crippen molar-refractivity contribution in [3.05, 3.63) is 60.7 Å². The third kappa shape index (κ3) is 11.5. The van der Waals surface area contributed by atoms with Crippen LogP contribution in [0.1, 0.15) is 0 Å². The van der Waals surface area contributed by atoms with Crippen molar-refractivity contribution in [3.8, 4) is 17.1 Å². The maximum Gasteiger partial charge on any atom is 0.433 e. The average Bonchev–Trinajstić information content (AvgIpc) is 3.11. The van der Waals surface area contributed by atoms with Gasteiger partial charge in [0.05, 0.1) is 54.9 Å². The number of hydrogen-bond acceptors (Lipinski definition) is 22. The number of anilines is 1. The van der Waals surface area contributed by atoms with Crippen molar-refractivity contribution in [1.82, 2.24) is 5.01 Å². The van der Waals surface area contributed by atoms with Gasteiger partial charge in [-0.3, -0.25) is 14.4 Å². The molecule has 8 N–H and O–H groups in total. The summed E-state index contributed by atoms with van der Waals surface area (Å²) in [6, 6.07) is 13.7. The Bertz CT molecular complexity index is 2350. The number of nitrogen functional groups attached to an aromatic ring is 1. The molecule has 26 heteroatoms. The second-order valence-corrected chi connectivity index (χ2v) is 16.4. The zero-order valence-corrected chi connectivity index (χ0v) is 31.2. The Balaban J connectivity index is 1.70. The maximum absolute atomic E-state index is 12.7. The second-order valence-electron chi connectivity index (χ2n) is 10.2. The normalized spacial score (nSPS) is 12.6. The summed E-state index contributed by atoms with van der Waals surface area (Å²) in [5, 5.41) is 47.2. The molecule has 54 heavy (non-hydrogen) atoms. The SMILES string of the molecule is C=NN(C)CCS(=O)(=O)c1ccc(N=Nc2c(S(O)(O)O)cc3cc(SOOO)c(N=Nc4ccc(SC#COOS(=O)(=O)O)cc4)c(N)c3c2O)cc1. The van der Waals surface area contributed by atoms with E-state index in [9.17, 15) is 35.6 Å². The first-order valence-corrected chi connectivity index (χ1v) is 20.2. The van der Waals surface area contributed by atoms with E-state index < -0.39 is 47.4 Å². The zero-order valence-electron chi connectivity index (χ0n) is 27.1. The molecule has 0 saturated carbocycles. The van der Waals surface area contributed by atoms with E-state index in [1.54, 1.807) is 19.2 Å². The summed E-state index contributed by atoms with van der Waals surface area (Å²) in [5.41, 5.74) is 5.81. The number of rotatable bonds is 16. The Labute approximate surface area is 316 Å². The number of hydrogen-bond donors (Lipinski definition) is 7. The molecule has 0 fully saturated rings. The van der Waals surface area contributed by atoms with Gasteiger partial charge in [-0.05, 0) is 82.1 Å². The molecule has 4 aromatic carbocycles. The van der Waals surface area contributed by atoms with Crippen LogP contribution in [0.3, 0.4) is 0 Å². The van der Waals surface area contributed by atoms with Crippen LogP contribution in [-0.4, -0.2) is 76.5 Å². The van der Waals surface area contributed by atoms with Crippen molar-refractivity contribution < 1.29 is 64.0 Å². The van der Waals surface area contributed by atoms with Gasteiger partial charge in [-0.15, -0.1) is 14.6 Å². The molecule has 4 rings (SSSR count). The molecule has 0 aromatic heterocycles. The number of thioether (sulfide) groups is 1. The summed E-state index contributed by atoms with van der Waals surface area (Å²) in [6.07, 6.45) is 1.90. The van der Waals surface area contributed by atoms with Crippen LogP contribution in [0.2, 0.25) is 0 Å². The number of fused-ring (bicyclic) bond motifs is 1. The van der Waals surface area contributed by atoms with E-state index in [-0.39, 0.29) is 55.6 Å². The highest BCUT2D eigenvalue weighted by Gasteiger charge is 2.28. The van der Waals surface area contributed by atoms with Crippen molar-refractivity contribution in [2.24, 2.45) is 25.6 Å². The molecule has 0 aliphatic rings. The Morgan fingerprint density at radius 1 is 0.907 bits per heavy atom. The van der Waals surface area contributed by atoms with Crippen LogP contribution >= 0.6 is 34.7 Å². The predicted octanol–water partition coefficient (Wildman–Crippen LogP) is 7.05. The Morgan fingerprint density at radius 3 is 2.09 bits per heavy atom. The van der Waals surface area contributed by atoms with E-state index in [1.165, 1.54) is 47.5 Å². The van der Waals surface area contributed by atoms with Gasteiger partial charge < -0.3 is 24.5 Å². The number of nitrogens with two attached hydrogens (primary N) is 1. The van der Waals surface area contributed by atoms with Crippen LogP contribution in [-0.2, 0) is 38.8 Å². The molecule has 0 unspecified atom stereocenters. The van der Waals surface area contributed by atoms with Crippen LogP contribution in [0, 0.1) is 11.4 Å². The van der Waals surface area contributed by atoms with Crippen LogP contribution in [0.4, 0.5) is 28.4 Å². The molecular weight excluding hydrogens is 819 g/mol. The lowest BCUT2D eigenvalue weighted by Crippen LogP contribution is -2.21. The summed E-state index contributed by atoms with van der Waals surface area (Å²) < 4.78 is 93.6. The molecule has 0 radical (unpaired) electrons. The topological polar surface area (TPSA) is 318 Å². The van der Waals surface area contributed by atoms with Gasteiger partial charge in [0.25, 0.3) is 0 Å². The number of phenols is 1. The first-order chi connectivity index (χ1) is 25.4. The van der Waals surface area contributed by atoms with Crippen molar-refractivity contribution in [2.75, 3.05) is 25.1 Å². The average molecular weight is 846 g/mol. The molecule has 4 aromatic rings. The monoisotopic (exact) mass is 845 g/mol. The lowest BCUT2D eigenvalue weighted by atomic mass is 10.1. The highest BCUT2D eigenvalue weighted by atomic mass is 32.3. The molecule has 0 aliphatic heterocycles. The number of aromatic hydroxyl groups is 1. The fraction of sp³-hybridized carbons (Fsp3) is 0.107. The molecule has 0 heterocycles. The van der Waals surface area contributed by atoms with Crippen LogP contribution in [0.15, 0.2) is 106 Å². The van der Waals surface area contributed by atoms with Crippen LogP contribution in [0.5, 0.6) is 5.75 Å². The number of sulfone groups is 1. The first kappa shape index (κ1) is 42.1. The molecule has 0 bridgehead atoms. The lowest BCUT2D eigenvalue weighted by molar-refractivity contribution is -0.432. The largest absolute Gasteiger partial charge is 0.505 e. The summed E-state index contributed by atoms with van der Waals surface area (Å²) >= 11 is 1.31. The fourth-order valence-electron chi connectivity index (χ4n) is 4.15. The van der Waals surface area contributed by atoms with Gasteiger partial charge in [0.2, 0.25) is 0 Å². The number of phenolic OH excluding ortho intramolecular Hbond substituents is 1. The standard InChI is InChI=1S/C28H27N7O14S5/c1-30-35(2)11-14-52(38,39)21-9-5-19(6-10-21)32-34-27-23(53(40,41)42)16-17-15-22(51-48-47-37)26(25(29)24(17)28(27)36)33-31-18-3-7-20(8-4-18)50-13-12-46-49-54(43,44)45/h3-10,15-16,36-37,40-42H,1,11,14,29H2,2H3,(H,43,44,45). The number of azo groups is 2. The van der Waals surface area contributed by atoms with Crippen LogP contribution in [0.25, 0.3) is 10.8 Å². The number of benzene rings is 4. The summed E-state index contributed by atoms with van der Waals surface area (Å²) in [7, 11) is -11.5. The lowest BCUT2D eigenvalue weighted by Gasteiger charge is -2.23. The van der Waals surface area contributed by atoms with Crippen LogP contribution < -0.4 is 5.73 Å². The van der Waals surface area contributed by atoms with Gasteiger partial charge in [-0.2, -0.15) is 23.7 Å². The van der Waals surface area contributed by atoms with Gasteiger partial charge in [0, 0.05) is 30.5 Å². The number of hydrazone groups is 1. The number of nitrogens with zero attached hydrogens (tertiary/aromatic N) is 6. The molecule has 0 saturated heterocycles. The summed E-state index contributed by atoms with van der Waals surface area (Å²) in [4.78, 5) is 3.94. The fourth-order valence-corrected chi connectivity index (χ4v) is 7.22. The summed E-state index contributed by atoms with van der Waals surface area (Å²) in [6.45, 7) is 3.43. The molecule has 0 amide bonds. The third-order valence-electron chi connectivity index (χ3n) is 6.62. The Morgan fingerprint density at radius 2 is 1.52 bits per heavy atom. The summed E-state index contributed by atoms with van der Waals surface area (Å²) in [5.74, 6) is -1.01. The van der Waals surface area contributed by atoms with Gasteiger partial charge in [0.15, 0.2) is 21.7 Å². The van der Waals surface area contributed by atoms with Crippen molar-refractivity contribution in [1.29, 1.82) is 0 Å². The van der Waals surface area contributed by atoms with Crippen molar-refractivity contribution in [2.45, 2.75) is 19.6 Å². The van der Waals surface area contributed by atoms with E-state index in [0.29, 0.717) is 16.9 Å². The highest BCUT2D eigenvalue weighted by molar-refractivity contribution is 8.19.